The fourth-order valence-corrected chi connectivity index (χ4v) is 4.28. The molecule has 1 fully saturated rings. The molecule has 1 atom stereocenters. The fourth-order valence-electron chi connectivity index (χ4n) is 4.28. The minimum absolute atomic E-state index is 0.0225. The van der Waals surface area contributed by atoms with Crippen molar-refractivity contribution in [1.29, 1.82) is 0 Å². The van der Waals surface area contributed by atoms with Crippen LogP contribution in [0.15, 0.2) is 41.7 Å². The van der Waals surface area contributed by atoms with Gasteiger partial charge in [-0.15, -0.1) is 0 Å². The number of rotatable bonds is 7. The van der Waals surface area contributed by atoms with Gasteiger partial charge in [0.2, 0.25) is 5.91 Å². The molecule has 0 aliphatic carbocycles. The molecule has 0 saturated carbocycles. The predicted octanol–water partition coefficient (Wildman–Crippen LogP) is 1.32. The van der Waals surface area contributed by atoms with Gasteiger partial charge in [-0.25, -0.2) is 9.78 Å². The quantitative estimate of drug-likeness (QED) is 0.619. The Morgan fingerprint density at radius 2 is 1.94 bits per heavy atom. The van der Waals surface area contributed by atoms with Crippen molar-refractivity contribution in [2.24, 2.45) is 5.92 Å². The lowest BCUT2D eigenvalue weighted by atomic mass is 10.1. The van der Waals surface area contributed by atoms with E-state index < -0.39 is 0 Å². The summed E-state index contributed by atoms with van der Waals surface area (Å²) in [6.45, 7) is 7.13. The van der Waals surface area contributed by atoms with Crippen LogP contribution in [0.5, 0.6) is 0 Å². The van der Waals surface area contributed by atoms with E-state index in [4.69, 9.17) is 0 Å². The van der Waals surface area contributed by atoms with Gasteiger partial charge in [0.05, 0.1) is 23.3 Å². The van der Waals surface area contributed by atoms with E-state index >= 15 is 0 Å². The zero-order valence-electron chi connectivity index (χ0n) is 18.0. The molecule has 0 spiro atoms. The standard InChI is InChI=1S/C22H28N6O3/c1-3-27-18-6-5-16(13-19(18)28(4-2)22(27)31)21(30)26-10-7-17(14-26)20(29)24-9-12-25-11-8-23-15-25/h5-6,8,11,13,15,17H,3-4,7,9-10,12,14H2,1-2H3,(H,24,29). The first-order valence-corrected chi connectivity index (χ1v) is 10.8. The zero-order chi connectivity index (χ0) is 22.0. The summed E-state index contributed by atoms with van der Waals surface area (Å²) in [7, 11) is 0. The Labute approximate surface area is 180 Å². The van der Waals surface area contributed by atoms with Crippen molar-refractivity contribution in [3.8, 4) is 0 Å². The molecule has 9 heteroatoms. The number of benzene rings is 1. The van der Waals surface area contributed by atoms with E-state index in [1.165, 1.54) is 0 Å². The number of fused-ring (bicyclic) bond motifs is 1. The molecule has 2 amide bonds. The molecule has 3 aromatic rings. The van der Waals surface area contributed by atoms with Gasteiger partial charge < -0.3 is 14.8 Å². The van der Waals surface area contributed by atoms with Gasteiger partial charge >= 0.3 is 5.69 Å². The first-order valence-electron chi connectivity index (χ1n) is 10.8. The fraction of sp³-hybridized carbons (Fsp3) is 0.455. The van der Waals surface area contributed by atoms with Crippen molar-refractivity contribution < 1.29 is 9.59 Å². The highest BCUT2D eigenvalue weighted by Gasteiger charge is 2.31. The molecule has 31 heavy (non-hydrogen) atoms. The van der Waals surface area contributed by atoms with Gasteiger partial charge in [0.15, 0.2) is 0 Å². The molecule has 3 heterocycles. The number of hydrogen-bond donors (Lipinski definition) is 1. The molecular weight excluding hydrogens is 396 g/mol. The molecule has 1 unspecified atom stereocenters. The zero-order valence-corrected chi connectivity index (χ0v) is 18.0. The third kappa shape index (κ3) is 3.99. The van der Waals surface area contributed by atoms with E-state index in [1.54, 1.807) is 38.7 Å². The Morgan fingerprint density at radius 3 is 2.65 bits per heavy atom. The number of nitrogens with one attached hydrogen (secondary N) is 1. The third-order valence-electron chi connectivity index (χ3n) is 5.97. The third-order valence-corrected chi connectivity index (χ3v) is 5.97. The highest BCUT2D eigenvalue weighted by atomic mass is 16.2. The summed E-state index contributed by atoms with van der Waals surface area (Å²) >= 11 is 0. The van der Waals surface area contributed by atoms with E-state index in [-0.39, 0.29) is 23.4 Å². The van der Waals surface area contributed by atoms with E-state index in [2.05, 4.69) is 10.3 Å². The summed E-state index contributed by atoms with van der Waals surface area (Å²) in [4.78, 5) is 43.8. The lowest BCUT2D eigenvalue weighted by Crippen LogP contribution is -2.36. The van der Waals surface area contributed by atoms with E-state index in [0.29, 0.717) is 51.3 Å². The molecule has 1 aliphatic rings. The number of aromatic nitrogens is 4. The average Bonchev–Trinajstić information content (AvgIpc) is 3.51. The smallest absolute Gasteiger partial charge is 0.329 e. The maximum atomic E-state index is 13.1. The maximum Gasteiger partial charge on any atom is 0.329 e. The van der Waals surface area contributed by atoms with Crippen LogP contribution in [0.2, 0.25) is 0 Å². The monoisotopic (exact) mass is 424 g/mol. The molecule has 0 bridgehead atoms. The predicted molar refractivity (Wildman–Crippen MR) is 117 cm³/mol. The highest BCUT2D eigenvalue weighted by molar-refractivity contribution is 5.98. The first kappa shape index (κ1) is 20.9. The first-order chi connectivity index (χ1) is 15.0. The van der Waals surface area contributed by atoms with Crippen LogP contribution >= 0.6 is 0 Å². The number of carbonyl (C=O) groups excluding carboxylic acids is 2. The highest BCUT2D eigenvalue weighted by Crippen LogP contribution is 2.22. The van der Waals surface area contributed by atoms with Crippen LogP contribution in [0.25, 0.3) is 11.0 Å². The Hall–Kier alpha value is -3.36. The van der Waals surface area contributed by atoms with Crippen molar-refractivity contribution in [3.63, 3.8) is 0 Å². The number of aryl methyl sites for hydroxylation is 2. The van der Waals surface area contributed by atoms with Crippen molar-refractivity contribution in [3.05, 3.63) is 53.0 Å². The number of hydrogen-bond acceptors (Lipinski definition) is 4. The second-order valence-electron chi connectivity index (χ2n) is 7.80. The summed E-state index contributed by atoms with van der Waals surface area (Å²) < 4.78 is 5.31. The summed E-state index contributed by atoms with van der Waals surface area (Å²) in [5.41, 5.74) is 2.10. The van der Waals surface area contributed by atoms with Gasteiger partial charge in [-0.1, -0.05) is 0 Å². The Bertz CT molecular complexity index is 1140. The summed E-state index contributed by atoms with van der Waals surface area (Å²) in [6.07, 6.45) is 5.92. The molecule has 2 aromatic heterocycles. The van der Waals surface area contributed by atoms with Crippen LogP contribution in [0.3, 0.4) is 0 Å². The van der Waals surface area contributed by atoms with Crippen LogP contribution in [0, 0.1) is 5.92 Å². The average molecular weight is 425 g/mol. The molecule has 1 aromatic carbocycles. The van der Waals surface area contributed by atoms with Gasteiger partial charge in [0, 0.05) is 57.2 Å². The van der Waals surface area contributed by atoms with Crippen LogP contribution in [0.1, 0.15) is 30.6 Å². The van der Waals surface area contributed by atoms with E-state index in [9.17, 15) is 14.4 Å². The second kappa shape index (κ2) is 8.79. The Balaban J connectivity index is 1.42. The normalized spacial score (nSPS) is 16.2. The summed E-state index contributed by atoms with van der Waals surface area (Å²) in [6, 6.07) is 5.41. The van der Waals surface area contributed by atoms with Gasteiger partial charge in [0.25, 0.3) is 5.91 Å². The van der Waals surface area contributed by atoms with Crippen molar-refractivity contribution in [1.82, 2.24) is 28.9 Å². The Kier molecular flexibility index (Phi) is 5.92. The lowest BCUT2D eigenvalue weighted by Gasteiger charge is -2.17. The summed E-state index contributed by atoms with van der Waals surface area (Å²) in [5.74, 6) is -0.328. The topological polar surface area (TPSA) is 94.2 Å². The molecule has 1 saturated heterocycles. The molecule has 4 rings (SSSR count). The second-order valence-corrected chi connectivity index (χ2v) is 7.80. The van der Waals surface area contributed by atoms with Gasteiger partial charge in [-0.2, -0.15) is 0 Å². The van der Waals surface area contributed by atoms with Crippen LogP contribution < -0.4 is 11.0 Å². The molecule has 164 valence electrons. The molecule has 9 nitrogen and oxygen atoms in total. The number of carbonyl (C=O) groups is 2. The van der Waals surface area contributed by atoms with Crippen molar-refractivity contribution in [2.75, 3.05) is 19.6 Å². The van der Waals surface area contributed by atoms with Gasteiger partial charge in [0.1, 0.15) is 0 Å². The van der Waals surface area contributed by atoms with Gasteiger partial charge in [-0.05, 0) is 38.5 Å². The molecular formula is C22H28N6O3. The van der Waals surface area contributed by atoms with Crippen molar-refractivity contribution >= 4 is 22.8 Å². The SMILES string of the molecule is CCn1c(=O)n(CC)c2cc(C(=O)N3CCC(C(=O)NCCn4ccnc4)C3)ccc21. The van der Waals surface area contributed by atoms with Crippen LogP contribution in [-0.2, 0) is 24.4 Å². The lowest BCUT2D eigenvalue weighted by molar-refractivity contribution is -0.124. The Morgan fingerprint density at radius 1 is 1.16 bits per heavy atom. The number of nitrogens with zero attached hydrogens (tertiary/aromatic N) is 5. The van der Waals surface area contributed by atoms with E-state index in [0.717, 1.165) is 11.0 Å². The molecule has 0 radical (unpaired) electrons. The minimum atomic E-state index is -0.203. The van der Waals surface area contributed by atoms with Gasteiger partial charge in [-0.3, -0.25) is 18.7 Å². The van der Waals surface area contributed by atoms with E-state index in [1.807, 2.05) is 30.7 Å². The van der Waals surface area contributed by atoms with Crippen molar-refractivity contribution in [2.45, 2.75) is 39.9 Å². The summed E-state index contributed by atoms with van der Waals surface area (Å²) in [5, 5.41) is 2.95. The van der Waals surface area contributed by atoms with Crippen LogP contribution in [0.4, 0.5) is 0 Å². The van der Waals surface area contributed by atoms with Crippen LogP contribution in [-0.4, -0.2) is 55.0 Å². The largest absolute Gasteiger partial charge is 0.354 e. The maximum absolute atomic E-state index is 13.1. The number of imidazole rings is 2. The molecule has 1 N–H and O–H groups in total. The number of likely N-dealkylation sites (tertiary alicyclic amines) is 1. The minimum Gasteiger partial charge on any atom is -0.354 e. The molecule has 1 aliphatic heterocycles. The number of amides is 2.